The van der Waals surface area contributed by atoms with Gasteiger partial charge in [0.05, 0.1) is 0 Å². The minimum atomic E-state index is -3.64. The second-order valence-corrected chi connectivity index (χ2v) is 8.51. The van der Waals surface area contributed by atoms with Crippen LogP contribution in [0.1, 0.15) is 19.3 Å². The van der Waals surface area contributed by atoms with Crippen molar-refractivity contribution in [3.05, 3.63) is 23.4 Å². The smallest absolute Gasteiger partial charge is 0.323 e. The average molecular weight is 432 g/mol. The molecule has 0 atom stereocenters. The van der Waals surface area contributed by atoms with E-state index in [1.54, 1.807) is 12.1 Å². The summed E-state index contributed by atoms with van der Waals surface area (Å²) in [5.74, 6) is -0.959. The number of carboxylic acids is 1. The molecule has 8 nitrogen and oxygen atoms in total. The van der Waals surface area contributed by atoms with Gasteiger partial charge in [-0.1, -0.05) is 11.6 Å². The second-order valence-electron chi connectivity index (χ2n) is 5.30. The first-order chi connectivity index (χ1) is 12.7. The first-order valence-electron chi connectivity index (χ1n) is 7.58. The van der Waals surface area contributed by atoms with Crippen molar-refractivity contribution in [3.63, 3.8) is 0 Å². The number of primary sulfonamides is 1. The first kappa shape index (κ1) is 22.9. The van der Waals surface area contributed by atoms with Crippen molar-refractivity contribution in [1.29, 1.82) is 0 Å². The highest BCUT2D eigenvalue weighted by molar-refractivity contribution is 7.91. The van der Waals surface area contributed by atoms with E-state index in [1.807, 2.05) is 0 Å². The van der Waals surface area contributed by atoms with Gasteiger partial charge in [0, 0.05) is 18.4 Å². The van der Waals surface area contributed by atoms with Crippen LogP contribution in [0.5, 0.6) is 0 Å². The number of hydrogen-bond donors (Lipinski definition) is 2. The van der Waals surface area contributed by atoms with Crippen molar-refractivity contribution in [2.24, 2.45) is 5.14 Å². The van der Waals surface area contributed by atoms with Gasteiger partial charge in [-0.25, -0.2) is 18.5 Å². The number of rotatable bonds is 3. The van der Waals surface area contributed by atoms with Crippen LogP contribution in [0.15, 0.2) is 22.4 Å². The van der Waals surface area contributed by atoms with Gasteiger partial charge in [0.1, 0.15) is 20.7 Å². The van der Waals surface area contributed by atoms with Crippen LogP contribution in [-0.2, 0) is 19.6 Å². The van der Waals surface area contributed by atoms with Crippen molar-refractivity contribution in [1.82, 2.24) is 9.88 Å². The van der Waals surface area contributed by atoms with Gasteiger partial charge in [0.15, 0.2) is 0 Å². The summed E-state index contributed by atoms with van der Waals surface area (Å²) >= 11 is 6.67. The summed E-state index contributed by atoms with van der Waals surface area (Å²) in [7, 11) is -3.64. The zero-order valence-electron chi connectivity index (χ0n) is 14.2. The van der Waals surface area contributed by atoms with E-state index in [2.05, 4.69) is 17.8 Å². The highest BCUT2D eigenvalue weighted by atomic mass is 35.5. The number of carbonyl (C=O) groups is 2. The number of carbonyl (C=O) groups excluding carboxylic acids is 1. The lowest BCUT2D eigenvalue weighted by Gasteiger charge is -2.24. The zero-order chi connectivity index (χ0) is 20.6. The summed E-state index contributed by atoms with van der Waals surface area (Å²) in [6.07, 6.45) is 10.3. The third kappa shape index (κ3) is 7.15. The SMILES string of the molecule is C#C.NS(=O)(=O)c1cc2ccc(Cl)nc2s1.O=C(O)CN1CCCCC1=O. The molecule has 1 aliphatic heterocycles. The standard InChI is InChI=1S/C7H5ClN2O2S2.C7H11NO3.C2H2/c8-5-2-1-4-3-6(14(9,11)12)13-7(4)10-5;9-6-3-1-2-4-8(6)5-7(10)11;1-2/h1-3H,(H2,9,11,12);1-5H2,(H,10,11);1-2H. The first-order valence-corrected chi connectivity index (χ1v) is 10.3. The molecular formula is C16H18ClN3O5S2. The summed E-state index contributed by atoms with van der Waals surface area (Å²) in [6.45, 7) is 0.462. The van der Waals surface area contributed by atoms with E-state index in [0.717, 1.165) is 29.6 Å². The molecule has 1 fully saturated rings. The fourth-order valence-electron chi connectivity index (χ4n) is 2.20. The van der Waals surface area contributed by atoms with Crippen LogP contribution >= 0.6 is 22.9 Å². The number of halogens is 1. The lowest BCUT2D eigenvalue weighted by molar-refractivity contribution is -0.145. The van der Waals surface area contributed by atoms with Crippen LogP contribution in [0.2, 0.25) is 5.15 Å². The molecule has 0 aliphatic carbocycles. The summed E-state index contributed by atoms with van der Waals surface area (Å²) < 4.78 is 22.1. The van der Waals surface area contributed by atoms with E-state index < -0.39 is 16.0 Å². The van der Waals surface area contributed by atoms with E-state index in [1.165, 1.54) is 11.0 Å². The molecule has 0 spiro atoms. The molecule has 3 N–H and O–H groups in total. The number of hydrogen-bond acceptors (Lipinski definition) is 6. The van der Waals surface area contributed by atoms with Crippen LogP contribution < -0.4 is 5.14 Å². The molecular weight excluding hydrogens is 414 g/mol. The Morgan fingerprint density at radius 3 is 2.59 bits per heavy atom. The number of fused-ring (bicyclic) bond motifs is 1. The van der Waals surface area contributed by atoms with Gasteiger partial charge in [-0.2, -0.15) is 0 Å². The lowest BCUT2D eigenvalue weighted by atomic mass is 10.1. The van der Waals surface area contributed by atoms with Crippen LogP contribution in [-0.4, -0.2) is 48.4 Å². The summed E-state index contributed by atoms with van der Waals surface area (Å²) in [5.41, 5.74) is 0. The molecule has 2 aromatic heterocycles. The van der Waals surface area contributed by atoms with Crippen molar-refractivity contribution in [2.45, 2.75) is 23.5 Å². The predicted molar refractivity (Wildman–Crippen MR) is 104 cm³/mol. The molecule has 0 aromatic carbocycles. The van der Waals surface area contributed by atoms with Gasteiger partial charge >= 0.3 is 5.97 Å². The van der Waals surface area contributed by atoms with Crippen molar-refractivity contribution < 1.29 is 23.1 Å². The van der Waals surface area contributed by atoms with Crippen molar-refractivity contribution >= 4 is 55.1 Å². The number of piperidine rings is 1. The lowest BCUT2D eigenvalue weighted by Crippen LogP contribution is -2.38. The number of terminal acetylenes is 1. The normalized spacial score (nSPS) is 13.9. The largest absolute Gasteiger partial charge is 0.480 e. The second kappa shape index (κ2) is 10.2. The number of sulfonamides is 1. The van der Waals surface area contributed by atoms with E-state index in [4.69, 9.17) is 21.8 Å². The average Bonchev–Trinajstić information content (AvgIpc) is 3.02. The quantitative estimate of drug-likeness (QED) is 0.564. The molecule has 0 bridgehead atoms. The molecule has 1 saturated heterocycles. The topological polar surface area (TPSA) is 131 Å². The third-order valence-corrected chi connectivity index (χ3v) is 6.03. The number of aromatic nitrogens is 1. The van der Waals surface area contributed by atoms with Crippen molar-refractivity contribution in [2.75, 3.05) is 13.1 Å². The maximum absolute atomic E-state index is 11.0. The molecule has 27 heavy (non-hydrogen) atoms. The van der Waals surface area contributed by atoms with Crippen LogP contribution in [0, 0.1) is 12.8 Å². The monoisotopic (exact) mass is 431 g/mol. The van der Waals surface area contributed by atoms with Gasteiger partial charge in [0.25, 0.3) is 0 Å². The minimum absolute atomic E-state index is 0.0290. The van der Waals surface area contributed by atoms with Crippen LogP contribution in [0.3, 0.4) is 0 Å². The number of amides is 1. The summed E-state index contributed by atoms with van der Waals surface area (Å²) in [5, 5.41) is 14.4. The van der Waals surface area contributed by atoms with Gasteiger partial charge < -0.3 is 10.0 Å². The Morgan fingerprint density at radius 2 is 2.04 bits per heavy atom. The third-order valence-electron chi connectivity index (χ3n) is 3.35. The molecule has 3 heterocycles. The number of aliphatic carboxylic acids is 1. The zero-order valence-corrected chi connectivity index (χ0v) is 16.6. The predicted octanol–water partition coefficient (Wildman–Crippen LogP) is 1.93. The van der Waals surface area contributed by atoms with Crippen molar-refractivity contribution in [3.8, 4) is 12.8 Å². The maximum Gasteiger partial charge on any atom is 0.323 e. The summed E-state index contributed by atoms with van der Waals surface area (Å²) in [4.78, 5) is 27.2. The Morgan fingerprint density at radius 1 is 1.37 bits per heavy atom. The Bertz CT molecular complexity index is 940. The Balaban J connectivity index is 0.000000254. The molecule has 0 unspecified atom stereocenters. The Labute approximate surface area is 166 Å². The number of nitrogens with zero attached hydrogens (tertiary/aromatic N) is 2. The highest BCUT2D eigenvalue weighted by Gasteiger charge is 2.19. The fraction of sp³-hybridized carbons (Fsp3) is 0.312. The molecule has 2 aromatic rings. The van der Waals surface area contributed by atoms with E-state index in [-0.39, 0.29) is 16.7 Å². The molecule has 0 saturated carbocycles. The molecule has 3 rings (SSSR count). The maximum atomic E-state index is 11.0. The molecule has 1 amide bonds. The number of thiophene rings is 1. The number of pyridine rings is 1. The van der Waals surface area contributed by atoms with Gasteiger partial charge in [0.2, 0.25) is 15.9 Å². The number of nitrogens with two attached hydrogens (primary N) is 1. The fourth-order valence-corrected chi connectivity index (χ4v) is 4.16. The summed E-state index contributed by atoms with van der Waals surface area (Å²) in [6, 6.07) is 4.79. The van der Waals surface area contributed by atoms with Crippen LogP contribution in [0.4, 0.5) is 0 Å². The molecule has 11 heteroatoms. The highest BCUT2D eigenvalue weighted by Crippen LogP contribution is 2.27. The Hall–Kier alpha value is -2.19. The molecule has 1 aliphatic rings. The van der Waals surface area contributed by atoms with Gasteiger partial charge in [-0.15, -0.1) is 24.2 Å². The van der Waals surface area contributed by atoms with Crippen LogP contribution in [0.25, 0.3) is 10.2 Å². The molecule has 146 valence electrons. The Kier molecular flexibility index (Phi) is 8.65. The molecule has 0 radical (unpaired) electrons. The van der Waals surface area contributed by atoms with E-state index in [9.17, 15) is 18.0 Å². The van der Waals surface area contributed by atoms with Gasteiger partial charge in [-0.3, -0.25) is 9.59 Å². The number of likely N-dealkylation sites (tertiary alicyclic amines) is 1. The van der Waals surface area contributed by atoms with Gasteiger partial charge in [-0.05, 0) is 31.0 Å². The van der Waals surface area contributed by atoms with E-state index >= 15 is 0 Å². The van der Waals surface area contributed by atoms with E-state index in [0.29, 0.717) is 22.9 Å². The minimum Gasteiger partial charge on any atom is -0.480 e. The number of carboxylic acid groups (broad SMARTS) is 1.